The number of rotatable bonds is 6. The highest BCUT2D eigenvalue weighted by Crippen LogP contribution is 2.40. The lowest BCUT2D eigenvalue weighted by molar-refractivity contribution is 0.483. The highest BCUT2D eigenvalue weighted by atomic mass is 127. The van der Waals surface area contributed by atoms with Crippen molar-refractivity contribution in [2.45, 2.75) is 32.0 Å². The molecule has 0 radical (unpaired) electrons. The zero-order valence-electron chi connectivity index (χ0n) is 17.1. The Hall–Kier alpha value is -1.97. The summed E-state index contributed by atoms with van der Waals surface area (Å²) in [6, 6.07) is 20.2. The van der Waals surface area contributed by atoms with Gasteiger partial charge in [0.2, 0.25) is 0 Å². The first-order chi connectivity index (χ1) is 14.8. The Morgan fingerprint density at radius 2 is 1.71 bits per heavy atom. The van der Waals surface area contributed by atoms with Gasteiger partial charge in [-0.15, -0.1) is 11.3 Å². The van der Waals surface area contributed by atoms with E-state index < -0.39 is 16.7 Å². The minimum absolute atomic E-state index is 0.133. The lowest BCUT2D eigenvalue weighted by Crippen LogP contribution is -2.30. The molecule has 0 aliphatic heterocycles. The predicted octanol–water partition coefficient (Wildman–Crippen LogP) is 6.99. The molecule has 0 fully saturated rings. The first kappa shape index (κ1) is 22.2. The molecule has 3 nitrogen and oxygen atoms in total. The van der Waals surface area contributed by atoms with E-state index in [1.54, 1.807) is 30.3 Å². The van der Waals surface area contributed by atoms with Crippen LogP contribution in [0.3, 0.4) is 0 Å². The van der Waals surface area contributed by atoms with Crippen LogP contribution in [0.5, 0.6) is 0 Å². The predicted molar refractivity (Wildman–Crippen MR) is 135 cm³/mol. The number of halogens is 2. The van der Waals surface area contributed by atoms with Crippen molar-refractivity contribution in [3.63, 3.8) is 0 Å². The van der Waals surface area contributed by atoms with Crippen LogP contribution in [0, 0.1) is 17.4 Å². The van der Waals surface area contributed by atoms with Crippen LogP contribution >= 0.6 is 33.9 Å². The van der Waals surface area contributed by atoms with E-state index in [9.17, 15) is 12.8 Å². The molecule has 7 heteroatoms. The Bertz CT molecular complexity index is 1350. The number of sulfonamides is 1. The van der Waals surface area contributed by atoms with Crippen LogP contribution < -0.4 is 4.31 Å². The van der Waals surface area contributed by atoms with Crippen LogP contribution in [0.2, 0.25) is 0 Å². The van der Waals surface area contributed by atoms with Crippen molar-refractivity contribution in [2.75, 3.05) is 4.31 Å². The zero-order valence-corrected chi connectivity index (χ0v) is 20.9. The summed E-state index contributed by atoms with van der Waals surface area (Å²) < 4.78 is 44.3. The molecule has 3 aromatic carbocycles. The fraction of sp³-hybridized carbons (Fsp3) is 0.167. The van der Waals surface area contributed by atoms with Crippen molar-refractivity contribution in [2.24, 2.45) is 0 Å². The maximum Gasteiger partial charge on any atom is 0.265 e. The topological polar surface area (TPSA) is 37.4 Å². The Labute approximate surface area is 199 Å². The zero-order chi connectivity index (χ0) is 22.2. The van der Waals surface area contributed by atoms with E-state index in [0.717, 1.165) is 30.3 Å². The number of hydrogen-bond acceptors (Lipinski definition) is 3. The second-order valence-corrected chi connectivity index (χ2v) is 11.5. The average Bonchev–Trinajstić information content (AvgIpc) is 3.09. The largest absolute Gasteiger partial charge is 0.265 e. The first-order valence-electron chi connectivity index (χ1n) is 9.72. The van der Waals surface area contributed by atoms with Gasteiger partial charge in [0.15, 0.2) is 0 Å². The third-order valence-corrected chi connectivity index (χ3v) is 9.46. The second kappa shape index (κ2) is 8.88. The molecule has 0 spiro atoms. The molecule has 4 rings (SSSR count). The number of anilines is 1. The van der Waals surface area contributed by atoms with Crippen LogP contribution in [0.15, 0.2) is 71.6 Å². The van der Waals surface area contributed by atoms with Gasteiger partial charge in [-0.05, 0) is 82.8 Å². The molecule has 1 aromatic heterocycles. The van der Waals surface area contributed by atoms with Gasteiger partial charge in [0.05, 0.1) is 11.4 Å². The average molecular weight is 565 g/mol. The number of benzene rings is 3. The Morgan fingerprint density at radius 3 is 2.39 bits per heavy atom. The van der Waals surface area contributed by atoms with Crippen molar-refractivity contribution < 1.29 is 12.8 Å². The molecule has 4 aromatic rings. The van der Waals surface area contributed by atoms with Crippen molar-refractivity contribution in [3.05, 3.63) is 92.6 Å². The van der Waals surface area contributed by atoms with Crippen molar-refractivity contribution in [1.29, 1.82) is 0 Å². The molecule has 0 bridgehead atoms. The van der Waals surface area contributed by atoms with Gasteiger partial charge < -0.3 is 0 Å². The summed E-state index contributed by atoms with van der Waals surface area (Å²) in [6.45, 7) is 3.42. The van der Waals surface area contributed by atoms with E-state index in [4.69, 9.17) is 0 Å². The monoisotopic (exact) mass is 565 g/mol. The quantitative estimate of drug-likeness (QED) is 0.237. The normalized spacial score (nSPS) is 11.7. The minimum Gasteiger partial charge on any atom is -0.252 e. The summed E-state index contributed by atoms with van der Waals surface area (Å²) in [5.41, 5.74) is 3.24. The van der Waals surface area contributed by atoms with Gasteiger partial charge >= 0.3 is 0 Å². The maximum absolute atomic E-state index is 13.8. The summed E-state index contributed by atoms with van der Waals surface area (Å²) in [5, 5.41) is 1.72. The molecule has 0 amide bonds. The number of hydrogen-bond donors (Lipinski definition) is 0. The van der Waals surface area contributed by atoms with E-state index in [0.29, 0.717) is 10.6 Å². The summed E-state index contributed by atoms with van der Waals surface area (Å²) in [6.07, 6.45) is 0. The number of fused-ring (bicyclic) bond motifs is 1. The lowest BCUT2D eigenvalue weighted by atomic mass is 10.1. The fourth-order valence-electron chi connectivity index (χ4n) is 3.50. The summed E-state index contributed by atoms with van der Waals surface area (Å²) >= 11 is 3.56. The number of aryl methyl sites for hydroxylation is 2. The van der Waals surface area contributed by atoms with E-state index in [2.05, 4.69) is 22.6 Å². The Kier molecular flexibility index (Phi) is 6.37. The van der Waals surface area contributed by atoms with E-state index in [1.807, 2.05) is 50.2 Å². The van der Waals surface area contributed by atoms with Crippen molar-refractivity contribution >= 4 is 59.0 Å². The minimum atomic E-state index is -3.82. The molecule has 0 N–H and O–H groups in total. The SMILES string of the molecule is Cc1ccc(S(=O)(=O)N(Cc2ccc(I)c(CF)c2)c2sc3ccccc3c2C)cc1. The highest BCUT2D eigenvalue weighted by molar-refractivity contribution is 14.1. The molecule has 0 unspecified atom stereocenters. The number of thiophene rings is 1. The fourth-order valence-corrected chi connectivity index (χ4v) is 6.91. The van der Waals surface area contributed by atoms with Gasteiger partial charge in [0.25, 0.3) is 10.0 Å². The van der Waals surface area contributed by atoms with Crippen LogP contribution in [0.4, 0.5) is 9.39 Å². The van der Waals surface area contributed by atoms with Gasteiger partial charge in [-0.3, -0.25) is 4.31 Å². The summed E-state index contributed by atoms with van der Waals surface area (Å²) in [5.74, 6) is 0. The summed E-state index contributed by atoms with van der Waals surface area (Å²) in [7, 11) is -3.82. The number of alkyl halides is 1. The van der Waals surface area contributed by atoms with Gasteiger partial charge in [-0.2, -0.15) is 0 Å². The molecule has 160 valence electrons. The molecule has 0 saturated heterocycles. The molecule has 0 aliphatic rings. The first-order valence-corrected chi connectivity index (χ1v) is 13.1. The van der Waals surface area contributed by atoms with Crippen LogP contribution in [-0.2, 0) is 23.2 Å². The molecular weight excluding hydrogens is 544 g/mol. The Morgan fingerprint density at radius 1 is 1.00 bits per heavy atom. The smallest absolute Gasteiger partial charge is 0.252 e. The van der Waals surface area contributed by atoms with Crippen molar-refractivity contribution in [1.82, 2.24) is 0 Å². The lowest BCUT2D eigenvalue weighted by Gasteiger charge is -2.24. The molecule has 0 atom stereocenters. The third-order valence-electron chi connectivity index (χ3n) is 5.23. The van der Waals surface area contributed by atoms with Crippen molar-refractivity contribution in [3.8, 4) is 0 Å². The number of nitrogens with zero attached hydrogens (tertiary/aromatic N) is 1. The standard InChI is InChI=1S/C24H21FINO2S2/c1-16-7-10-20(11-8-16)31(28,29)27(15-18-9-12-22(26)19(13-18)14-25)24-17(2)21-5-3-4-6-23(21)30-24/h3-13H,14-15H2,1-2H3. The molecule has 0 aliphatic carbocycles. The molecule has 1 heterocycles. The highest BCUT2D eigenvalue weighted by Gasteiger charge is 2.28. The second-order valence-electron chi connectivity index (χ2n) is 7.41. The van der Waals surface area contributed by atoms with E-state index >= 15 is 0 Å². The van der Waals surface area contributed by atoms with E-state index in [1.165, 1.54) is 15.6 Å². The van der Waals surface area contributed by atoms with Gasteiger partial charge in [-0.25, -0.2) is 12.8 Å². The van der Waals surface area contributed by atoms with Gasteiger partial charge in [-0.1, -0.05) is 48.0 Å². The van der Waals surface area contributed by atoms with Crippen LogP contribution in [0.1, 0.15) is 22.3 Å². The molecular formula is C24H21FINO2S2. The third kappa shape index (κ3) is 4.36. The van der Waals surface area contributed by atoms with Crippen LogP contribution in [-0.4, -0.2) is 8.42 Å². The molecule has 0 saturated carbocycles. The molecule has 31 heavy (non-hydrogen) atoms. The van der Waals surface area contributed by atoms with E-state index in [-0.39, 0.29) is 11.4 Å². The van der Waals surface area contributed by atoms with Gasteiger partial charge in [0.1, 0.15) is 11.7 Å². The van der Waals surface area contributed by atoms with Gasteiger partial charge in [0, 0.05) is 8.27 Å². The Balaban J connectivity index is 1.87. The van der Waals surface area contributed by atoms with Crippen LogP contribution in [0.25, 0.3) is 10.1 Å². The maximum atomic E-state index is 13.8. The summed E-state index contributed by atoms with van der Waals surface area (Å²) in [4.78, 5) is 0.242.